The molecule has 0 bridgehead atoms. The molecule has 1 atom stereocenters. The topological polar surface area (TPSA) is 92.9 Å². The number of ether oxygens (including phenoxy) is 1. The number of ketones is 1. The van der Waals surface area contributed by atoms with E-state index >= 15 is 0 Å². The van der Waals surface area contributed by atoms with Crippen LogP contribution in [-0.2, 0) is 9.59 Å². The van der Waals surface area contributed by atoms with Crippen LogP contribution in [0.1, 0.15) is 48.3 Å². The number of hydrogen-bond donors (Lipinski definition) is 1. The Bertz CT molecular complexity index is 1250. The van der Waals surface area contributed by atoms with Crippen LogP contribution in [-0.4, -0.2) is 28.6 Å². The molecule has 2 heterocycles. The number of hydrogen-bond acceptors (Lipinski definition) is 6. The van der Waals surface area contributed by atoms with Crippen molar-refractivity contribution in [1.82, 2.24) is 5.16 Å². The largest absolute Gasteiger partial charge is 0.507 e. The molecule has 7 nitrogen and oxygen atoms in total. The van der Waals surface area contributed by atoms with Crippen molar-refractivity contribution < 1.29 is 24.0 Å². The zero-order chi connectivity index (χ0) is 24.4. The Labute approximate surface area is 197 Å². The average molecular weight is 459 g/mol. The van der Waals surface area contributed by atoms with Gasteiger partial charge in [-0.3, -0.25) is 14.5 Å². The van der Waals surface area contributed by atoms with Gasteiger partial charge in [-0.15, -0.1) is 0 Å². The van der Waals surface area contributed by atoms with Crippen LogP contribution in [0.2, 0.25) is 0 Å². The maximum absolute atomic E-state index is 13.2. The van der Waals surface area contributed by atoms with Gasteiger partial charge >= 0.3 is 5.91 Å². The molecule has 34 heavy (non-hydrogen) atoms. The van der Waals surface area contributed by atoms with E-state index < -0.39 is 17.7 Å². The van der Waals surface area contributed by atoms with E-state index in [0.717, 1.165) is 5.56 Å². The fourth-order valence-corrected chi connectivity index (χ4v) is 3.93. The Morgan fingerprint density at radius 2 is 1.85 bits per heavy atom. The monoisotopic (exact) mass is 458 g/mol. The number of benzene rings is 2. The number of aromatic nitrogens is 1. The summed E-state index contributed by atoms with van der Waals surface area (Å²) < 4.78 is 10.7. The molecule has 3 aromatic rings. The van der Waals surface area contributed by atoms with E-state index in [4.69, 9.17) is 9.26 Å². The number of rotatable bonds is 7. The zero-order valence-electron chi connectivity index (χ0n) is 19.3. The second-order valence-electron chi connectivity index (χ2n) is 8.41. The standard InChI is InChI=1S/C27H26N2O5/c1-5-14-33-21-12-10-20(11-13-21)25(30)23-24(19-8-6-18(7-9-19)16(2)3)29(27(32)26(23)31)22-15-17(4)34-28-22/h5-13,15-16,24,30H,1,14H2,2-4H3/b25-23+/t24-/m0/s1. The van der Waals surface area contributed by atoms with Crippen molar-refractivity contribution in [2.45, 2.75) is 32.7 Å². The first-order valence-corrected chi connectivity index (χ1v) is 11.0. The predicted octanol–water partition coefficient (Wildman–Crippen LogP) is 5.30. The van der Waals surface area contributed by atoms with Crippen LogP contribution in [0.3, 0.4) is 0 Å². The summed E-state index contributed by atoms with van der Waals surface area (Å²) in [4.78, 5) is 27.6. The Morgan fingerprint density at radius 3 is 2.41 bits per heavy atom. The highest BCUT2D eigenvalue weighted by molar-refractivity contribution is 6.51. The van der Waals surface area contributed by atoms with E-state index in [0.29, 0.717) is 35.2 Å². The second-order valence-corrected chi connectivity index (χ2v) is 8.41. The molecule has 2 aromatic carbocycles. The molecule has 0 aliphatic carbocycles. The lowest BCUT2D eigenvalue weighted by Crippen LogP contribution is -2.29. The van der Waals surface area contributed by atoms with Gasteiger partial charge in [0.05, 0.1) is 11.6 Å². The van der Waals surface area contributed by atoms with Gasteiger partial charge in [-0.2, -0.15) is 0 Å². The minimum Gasteiger partial charge on any atom is -0.507 e. The number of nitrogens with zero attached hydrogens (tertiary/aromatic N) is 2. The van der Waals surface area contributed by atoms with Crippen LogP contribution in [0.15, 0.2) is 77.3 Å². The van der Waals surface area contributed by atoms with E-state index in [2.05, 4.69) is 25.6 Å². The number of aliphatic hydroxyl groups is 1. The summed E-state index contributed by atoms with van der Waals surface area (Å²) in [5, 5.41) is 15.2. The van der Waals surface area contributed by atoms with Crippen LogP contribution in [0.4, 0.5) is 5.82 Å². The number of carbonyl (C=O) groups is 2. The summed E-state index contributed by atoms with van der Waals surface area (Å²) in [6.07, 6.45) is 1.63. The van der Waals surface area contributed by atoms with Crippen molar-refractivity contribution in [3.05, 3.63) is 95.3 Å². The molecule has 0 radical (unpaired) electrons. The smallest absolute Gasteiger partial charge is 0.301 e. The van der Waals surface area contributed by atoms with Crippen molar-refractivity contribution in [1.29, 1.82) is 0 Å². The predicted molar refractivity (Wildman–Crippen MR) is 129 cm³/mol. The van der Waals surface area contributed by atoms with Gasteiger partial charge in [0.15, 0.2) is 5.82 Å². The van der Waals surface area contributed by atoms with E-state index in [1.165, 1.54) is 4.90 Å². The van der Waals surface area contributed by atoms with Crippen molar-refractivity contribution in [2.75, 3.05) is 11.5 Å². The van der Waals surface area contributed by atoms with Gasteiger partial charge in [-0.1, -0.05) is 55.9 Å². The van der Waals surface area contributed by atoms with E-state index in [1.807, 2.05) is 24.3 Å². The number of amides is 1. The van der Waals surface area contributed by atoms with Gasteiger partial charge in [0.25, 0.3) is 5.78 Å². The number of Topliss-reactive ketones (excluding diaryl/α,β-unsaturated/α-hetero) is 1. The third-order valence-corrected chi connectivity index (χ3v) is 5.72. The Morgan fingerprint density at radius 1 is 1.18 bits per heavy atom. The lowest BCUT2D eigenvalue weighted by atomic mass is 9.93. The molecule has 0 unspecified atom stereocenters. The second kappa shape index (κ2) is 9.39. The summed E-state index contributed by atoms with van der Waals surface area (Å²) in [6.45, 7) is 9.84. The third kappa shape index (κ3) is 4.24. The lowest BCUT2D eigenvalue weighted by molar-refractivity contribution is -0.132. The van der Waals surface area contributed by atoms with Gasteiger partial charge in [-0.25, -0.2) is 0 Å². The molecule has 1 saturated heterocycles. The molecule has 0 saturated carbocycles. The SMILES string of the molecule is C=CCOc1ccc(/C(O)=C2\C(=O)C(=O)N(c3cc(C)on3)[C@H]2c2ccc(C(C)C)cc2)cc1. The molecule has 1 fully saturated rings. The van der Waals surface area contributed by atoms with Crippen LogP contribution >= 0.6 is 0 Å². The first-order valence-electron chi connectivity index (χ1n) is 11.0. The maximum Gasteiger partial charge on any atom is 0.301 e. The number of carbonyl (C=O) groups excluding carboxylic acids is 2. The molecule has 1 amide bonds. The van der Waals surface area contributed by atoms with Crippen LogP contribution in [0.5, 0.6) is 5.75 Å². The quantitative estimate of drug-likeness (QED) is 0.224. The molecule has 4 rings (SSSR count). The van der Waals surface area contributed by atoms with Crippen LogP contribution in [0.25, 0.3) is 5.76 Å². The van der Waals surface area contributed by atoms with Crippen molar-refractivity contribution in [2.24, 2.45) is 0 Å². The molecule has 0 spiro atoms. The Kier molecular flexibility index (Phi) is 6.36. The van der Waals surface area contributed by atoms with Crippen molar-refractivity contribution in [3.63, 3.8) is 0 Å². The summed E-state index contributed by atoms with van der Waals surface area (Å²) in [5.41, 5.74) is 2.18. The molecular weight excluding hydrogens is 432 g/mol. The fourth-order valence-electron chi connectivity index (χ4n) is 3.93. The van der Waals surface area contributed by atoms with Gasteiger partial charge in [0.2, 0.25) is 0 Å². The highest BCUT2D eigenvalue weighted by Gasteiger charge is 2.48. The third-order valence-electron chi connectivity index (χ3n) is 5.72. The molecule has 174 valence electrons. The Balaban J connectivity index is 1.83. The maximum atomic E-state index is 13.2. The Hall–Kier alpha value is -4.13. The average Bonchev–Trinajstić information content (AvgIpc) is 3.38. The molecule has 1 N–H and O–H groups in total. The highest BCUT2D eigenvalue weighted by atomic mass is 16.5. The summed E-state index contributed by atoms with van der Waals surface area (Å²) in [7, 11) is 0. The first kappa shape index (κ1) is 23.0. The number of aliphatic hydroxyl groups excluding tert-OH is 1. The van der Waals surface area contributed by atoms with Gasteiger partial charge in [-0.05, 0) is 48.2 Å². The normalized spacial score (nSPS) is 17.4. The van der Waals surface area contributed by atoms with Gasteiger partial charge in [0, 0.05) is 11.6 Å². The summed E-state index contributed by atoms with van der Waals surface area (Å²) >= 11 is 0. The van der Waals surface area contributed by atoms with E-state index in [9.17, 15) is 14.7 Å². The zero-order valence-corrected chi connectivity index (χ0v) is 19.3. The number of anilines is 1. The molecular formula is C27H26N2O5. The van der Waals surface area contributed by atoms with E-state index in [1.54, 1.807) is 43.3 Å². The van der Waals surface area contributed by atoms with Gasteiger partial charge < -0.3 is 14.4 Å². The van der Waals surface area contributed by atoms with Crippen molar-refractivity contribution >= 4 is 23.3 Å². The highest BCUT2D eigenvalue weighted by Crippen LogP contribution is 2.42. The van der Waals surface area contributed by atoms with Crippen molar-refractivity contribution in [3.8, 4) is 5.75 Å². The van der Waals surface area contributed by atoms with Crippen LogP contribution in [0, 0.1) is 6.92 Å². The van der Waals surface area contributed by atoms with Gasteiger partial charge in [0.1, 0.15) is 23.9 Å². The summed E-state index contributed by atoms with van der Waals surface area (Å²) in [5.74, 6) is -0.210. The van der Waals surface area contributed by atoms with Crippen LogP contribution < -0.4 is 9.64 Å². The molecule has 7 heteroatoms. The minimum absolute atomic E-state index is 0.0114. The number of aryl methyl sites for hydroxylation is 1. The molecule has 1 aliphatic rings. The lowest BCUT2D eigenvalue weighted by Gasteiger charge is -2.23. The molecule has 1 aromatic heterocycles. The van der Waals surface area contributed by atoms with E-state index in [-0.39, 0.29) is 17.2 Å². The minimum atomic E-state index is -0.859. The molecule has 1 aliphatic heterocycles. The first-order chi connectivity index (χ1) is 16.3. The fraction of sp³-hybridized carbons (Fsp3) is 0.222. The summed E-state index contributed by atoms with van der Waals surface area (Å²) in [6, 6.07) is 15.0.